The summed E-state index contributed by atoms with van der Waals surface area (Å²) >= 11 is 0. The van der Waals surface area contributed by atoms with E-state index in [4.69, 9.17) is 0 Å². The molecule has 0 fully saturated rings. The van der Waals surface area contributed by atoms with Gasteiger partial charge in [0.15, 0.2) is 14.9 Å². The zero-order valence-electron chi connectivity index (χ0n) is 13.4. The standard InChI is InChI=1S/C11H12F2N2O2S.C4H6O2S/c1-7-4-2-3-5-9(7)18(16,17)10-6-8(11(12)13)14-15-10;1-3-7(5,6)4-2/h2-5,8,11,14H,6H2,1H3;3-4H,1-2H2. The van der Waals surface area contributed by atoms with Gasteiger partial charge in [0.25, 0.3) is 6.43 Å². The van der Waals surface area contributed by atoms with Crippen LogP contribution in [0.1, 0.15) is 12.0 Å². The Morgan fingerprint density at radius 1 is 1.20 bits per heavy atom. The molecule has 0 saturated carbocycles. The molecule has 138 valence electrons. The third-order valence-corrected chi connectivity index (χ3v) is 6.06. The molecule has 25 heavy (non-hydrogen) atoms. The van der Waals surface area contributed by atoms with Crippen molar-refractivity contribution in [2.24, 2.45) is 5.10 Å². The van der Waals surface area contributed by atoms with Gasteiger partial charge in [0.2, 0.25) is 9.84 Å². The Labute approximate surface area is 145 Å². The van der Waals surface area contributed by atoms with E-state index in [2.05, 4.69) is 23.7 Å². The van der Waals surface area contributed by atoms with Crippen molar-refractivity contribution in [3.8, 4) is 0 Å². The van der Waals surface area contributed by atoms with Crippen molar-refractivity contribution in [1.82, 2.24) is 5.43 Å². The Hall–Kier alpha value is -2.07. The summed E-state index contributed by atoms with van der Waals surface area (Å²) in [6.07, 6.45) is -2.92. The lowest BCUT2D eigenvalue weighted by Gasteiger charge is -2.08. The van der Waals surface area contributed by atoms with Crippen molar-refractivity contribution in [3.05, 3.63) is 53.8 Å². The Morgan fingerprint density at radius 3 is 2.16 bits per heavy atom. The molecule has 1 aliphatic rings. The number of hydrogen-bond acceptors (Lipinski definition) is 6. The number of rotatable bonds is 4. The Morgan fingerprint density at radius 2 is 1.76 bits per heavy atom. The SMILES string of the molecule is C=CS(=O)(=O)C=C.Cc1ccccc1S(=O)(=O)C1=NNC(C(F)F)C1. The molecule has 0 radical (unpaired) electrons. The molecule has 1 heterocycles. The molecular formula is C15H18F2N2O4S2. The second kappa shape index (κ2) is 8.34. The quantitative estimate of drug-likeness (QED) is 0.849. The molecule has 1 aromatic rings. The monoisotopic (exact) mass is 392 g/mol. The summed E-state index contributed by atoms with van der Waals surface area (Å²) in [4.78, 5) is 0.112. The van der Waals surface area contributed by atoms with Crippen LogP contribution in [0.5, 0.6) is 0 Å². The molecule has 1 atom stereocenters. The number of hydrazone groups is 1. The van der Waals surface area contributed by atoms with Crippen LogP contribution in [0.3, 0.4) is 0 Å². The second-order valence-corrected chi connectivity index (χ2v) is 8.73. The fourth-order valence-electron chi connectivity index (χ4n) is 1.80. The van der Waals surface area contributed by atoms with Gasteiger partial charge in [0.05, 0.1) is 4.90 Å². The van der Waals surface area contributed by atoms with Crippen LogP contribution < -0.4 is 5.43 Å². The van der Waals surface area contributed by atoms with Crippen LogP contribution in [0.2, 0.25) is 0 Å². The van der Waals surface area contributed by atoms with Gasteiger partial charge in [-0.25, -0.2) is 25.6 Å². The molecule has 0 bridgehead atoms. The highest BCUT2D eigenvalue weighted by Gasteiger charge is 2.34. The van der Waals surface area contributed by atoms with Crippen LogP contribution in [-0.2, 0) is 19.7 Å². The summed E-state index contributed by atoms with van der Waals surface area (Å²) in [7, 11) is -6.91. The van der Waals surface area contributed by atoms with Gasteiger partial charge in [-0.15, -0.1) is 0 Å². The third-order valence-electron chi connectivity index (χ3n) is 3.21. The van der Waals surface area contributed by atoms with Crippen molar-refractivity contribution >= 4 is 24.7 Å². The first kappa shape index (κ1) is 21.0. The molecule has 1 aromatic carbocycles. The van der Waals surface area contributed by atoms with Crippen LogP contribution in [0.25, 0.3) is 0 Å². The van der Waals surface area contributed by atoms with Crippen LogP contribution in [0.15, 0.2) is 58.2 Å². The summed E-state index contributed by atoms with van der Waals surface area (Å²) in [5, 5.41) is 4.99. The molecule has 0 saturated heterocycles. The topological polar surface area (TPSA) is 92.7 Å². The largest absolute Gasteiger partial charge is 0.300 e. The minimum Gasteiger partial charge on any atom is -0.300 e. The first-order valence-electron chi connectivity index (χ1n) is 6.96. The minimum atomic E-state index is -3.78. The summed E-state index contributed by atoms with van der Waals surface area (Å²) in [6.45, 7) is 7.74. The molecule has 10 heteroatoms. The number of nitrogens with zero attached hydrogens (tertiary/aromatic N) is 1. The van der Waals surface area contributed by atoms with Gasteiger partial charge in [-0.2, -0.15) is 5.10 Å². The zero-order valence-corrected chi connectivity index (χ0v) is 15.0. The highest BCUT2D eigenvalue weighted by molar-refractivity contribution is 8.06. The smallest absolute Gasteiger partial charge is 0.260 e. The van der Waals surface area contributed by atoms with Gasteiger partial charge in [-0.3, -0.25) is 5.43 Å². The second-order valence-electron chi connectivity index (χ2n) is 4.97. The Bertz CT molecular complexity index is 865. The number of aryl methyl sites for hydroxylation is 1. The van der Waals surface area contributed by atoms with Crippen molar-refractivity contribution in [2.75, 3.05) is 0 Å². The van der Waals surface area contributed by atoms with Crippen molar-refractivity contribution in [2.45, 2.75) is 30.7 Å². The molecular weight excluding hydrogens is 374 g/mol. The molecule has 0 aromatic heterocycles. The van der Waals surface area contributed by atoms with E-state index in [1.807, 2.05) is 0 Å². The Kier molecular flexibility index (Phi) is 7.00. The van der Waals surface area contributed by atoms with Crippen molar-refractivity contribution in [3.63, 3.8) is 0 Å². The lowest BCUT2D eigenvalue weighted by Crippen LogP contribution is -2.28. The van der Waals surface area contributed by atoms with Crippen molar-refractivity contribution in [1.29, 1.82) is 0 Å². The number of alkyl halides is 2. The van der Waals surface area contributed by atoms with Gasteiger partial charge in [0.1, 0.15) is 6.04 Å². The highest BCUT2D eigenvalue weighted by atomic mass is 32.2. The summed E-state index contributed by atoms with van der Waals surface area (Å²) in [5.74, 6) is 0. The van der Waals surface area contributed by atoms with Gasteiger partial charge in [-0.05, 0) is 18.6 Å². The molecule has 0 spiro atoms. The predicted octanol–water partition coefficient (Wildman–Crippen LogP) is 2.40. The van der Waals surface area contributed by atoms with Crippen LogP contribution >= 0.6 is 0 Å². The van der Waals surface area contributed by atoms with Crippen LogP contribution in [-0.4, -0.2) is 34.3 Å². The first-order chi connectivity index (χ1) is 11.5. The van der Waals surface area contributed by atoms with E-state index < -0.39 is 32.1 Å². The van der Waals surface area contributed by atoms with E-state index in [-0.39, 0.29) is 16.4 Å². The molecule has 1 unspecified atom stereocenters. The highest BCUT2D eigenvalue weighted by Crippen LogP contribution is 2.22. The number of halogens is 2. The van der Waals surface area contributed by atoms with E-state index in [9.17, 15) is 25.6 Å². The molecule has 0 amide bonds. The van der Waals surface area contributed by atoms with Gasteiger partial charge < -0.3 is 0 Å². The maximum absolute atomic E-state index is 12.5. The Balaban J connectivity index is 0.000000381. The van der Waals surface area contributed by atoms with Gasteiger partial charge >= 0.3 is 0 Å². The maximum atomic E-state index is 12.5. The molecule has 2 rings (SSSR count). The van der Waals surface area contributed by atoms with Crippen LogP contribution in [0.4, 0.5) is 8.78 Å². The number of sulfone groups is 2. The summed E-state index contributed by atoms with van der Waals surface area (Å²) in [5.41, 5.74) is 2.73. The molecule has 0 aliphatic carbocycles. The average Bonchev–Trinajstić information content (AvgIpc) is 3.07. The predicted molar refractivity (Wildman–Crippen MR) is 92.7 cm³/mol. The van der Waals surface area contributed by atoms with E-state index in [1.54, 1.807) is 25.1 Å². The number of benzene rings is 1. The number of hydrogen-bond donors (Lipinski definition) is 1. The van der Waals surface area contributed by atoms with E-state index >= 15 is 0 Å². The zero-order chi connectivity index (χ0) is 19.3. The summed E-state index contributed by atoms with van der Waals surface area (Å²) in [6, 6.07) is 5.18. The average molecular weight is 392 g/mol. The fourth-order valence-corrected chi connectivity index (χ4v) is 3.51. The third kappa shape index (κ3) is 5.46. The lowest BCUT2D eigenvalue weighted by molar-refractivity contribution is 0.106. The first-order valence-corrected chi connectivity index (χ1v) is 10.1. The lowest BCUT2D eigenvalue weighted by atomic mass is 10.2. The van der Waals surface area contributed by atoms with Crippen LogP contribution in [0, 0.1) is 6.92 Å². The minimum absolute atomic E-state index is 0.112. The molecule has 1 aliphatic heterocycles. The normalized spacial score (nSPS) is 17.1. The molecule has 6 nitrogen and oxygen atoms in total. The van der Waals surface area contributed by atoms with E-state index in [1.165, 1.54) is 6.07 Å². The van der Waals surface area contributed by atoms with E-state index in [0.717, 1.165) is 10.8 Å². The number of nitrogens with one attached hydrogen (secondary N) is 1. The maximum Gasteiger partial charge on any atom is 0.260 e. The van der Waals surface area contributed by atoms with E-state index in [0.29, 0.717) is 5.56 Å². The molecule has 1 N–H and O–H groups in total. The summed E-state index contributed by atoms with van der Waals surface area (Å²) < 4.78 is 69.6. The fraction of sp³-hybridized carbons (Fsp3) is 0.267. The van der Waals surface area contributed by atoms with Gasteiger partial charge in [0, 0.05) is 17.2 Å². The van der Waals surface area contributed by atoms with Crippen molar-refractivity contribution < 1.29 is 25.6 Å². The van der Waals surface area contributed by atoms with Gasteiger partial charge in [-0.1, -0.05) is 31.4 Å².